The third kappa shape index (κ3) is 7.56. The average molecular weight is 583 g/mol. The highest BCUT2D eigenvalue weighted by Crippen LogP contribution is 2.23. The van der Waals surface area contributed by atoms with Gasteiger partial charge in [0.2, 0.25) is 0 Å². The third-order valence-corrected chi connectivity index (χ3v) is 7.44. The van der Waals surface area contributed by atoms with Crippen LogP contribution in [0.2, 0.25) is 10.0 Å². The largest absolute Gasteiger partial charge is 0.497 e. The number of nitrogens with zero attached hydrogens (tertiary/aromatic N) is 3. The summed E-state index contributed by atoms with van der Waals surface area (Å²) in [6.45, 7) is 4.25. The lowest BCUT2D eigenvalue weighted by molar-refractivity contribution is 0.0610. The predicted molar refractivity (Wildman–Crippen MR) is 160 cm³/mol. The molecule has 0 radical (unpaired) electrons. The summed E-state index contributed by atoms with van der Waals surface area (Å²) in [5, 5.41) is 0.853. The van der Waals surface area contributed by atoms with Crippen molar-refractivity contribution >= 4 is 41.1 Å². The molecule has 0 aromatic heterocycles. The topological polar surface area (TPSA) is 62.3 Å². The second kappa shape index (κ2) is 14.2. The highest BCUT2D eigenvalue weighted by molar-refractivity contribution is 6.36. The van der Waals surface area contributed by atoms with E-state index in [1.165, 1.54) is 0 Å². The molecule has 0 N–H and O–H groups in total. The van der Waals surface area contributed by atoms with Crippen molar-refractivity contribution in [3.05, 3.63) is 99.5 Å². The minimum atomic E-state index is -0.0981. The minimum Gasteiger partial charge on any atom is -0.497 e. The Morgan fingerprint density at radius 3 is 2.33 bits per heavy atom. The molecule has 0 spiro atoms. The fraction of sp³-hybridized carbons (Fsp3) is 0.290. The zero-order valence-electron chi connectivity index (χ0n) is 22.7. The first kappa shape index (κ1) is 29.5. The van der Waals surface area contributed by atoms with Crippen molar-refractivity contribution in [1.29, 1.82) is 0 Å². The highest BCUT2D eigenvalue weighted by Gasteiger charge is 2.24. The summed E-state index contributed by atoms with van der Waals surface area (Å²) in [6, 6.07) is 19.8. The second-order valence-corrected chi connectivity index (χ2v) is 10.2. The van der Waals surface area contributed by atoms with Crippen molar-refractivity contribution in [2.75, 3.05) is 60.0 Å². The quantitative estimate of drug-likeness (QED) is 0.311. The lowest BCUT2D eigenvalue weighted by Crippen LogP contribution is -2.50. The molecule has 0 unspecified atom stereocenters. The molecule has 0 bridgehead atoms. The number of methoxy groups -OCH3 is 2. The number of hydrogen-bond donors (Lipinski definition) is 0. The van der Waals surface area contributed by atoms with Crippen LogP contribution in [0, 0.1) is 0 Å². The van der Waals surface area contributed by atoms with E-state index in [0.717, 1.165) is 11.3 Å². The molecule has 0 atom stereocenters. The van der Waals surface area contributed by atoms with Gasteiger partial charge < -0.3 is 19.3 Å². The van der Waals surface area contributed by atoms with E-state index < -0.39 is 0 Å². The van der Waals surface area contributed by atoms with Crippen molar-refractivity contribution in [3.63, 3.8) is 0 Å². The number of halogens is 2. The predicted octanol–water partition coefficient (Wildman–Crippen LogP) is 5.62. The maximum absolute atomic E-state index is 13.5. The fourth-order valence-corrected chi connectivity index (χ4v) is 5.06. The van der Waals surface area contributed by atoms with Gasteiger partial charge in [-0.15, -0.1) is 0 Å². The van der Waals surface area contributed by atoms with Crippen LogP contribution in [0.3, 0.4) is 0 Å². The molecular formula is C31H33Cl2N3O4. The van der Waals surface area contributed by atoms with Crippen molar-refractivity contribution in [1.82, 2.24) is 14.7 Å². The number of benzene rings is 3. The van der Waals surface area contributed by atoms with E-state index in [4.69, 9.17) is 32.7 Å². The molecule has 9 heteroatoms. The molecule has 3 aromatic carbocycles. The zero-order chi connectivity index (χ0) is 28.5. The van der Waals surface area contributed by atoms with Crippen LogP contribution >= 0.6 is 23.2 Å². The van der Waals surface area contributed by atoms with Crippen molar-refractivity contribution in [2.45, 2.75) is 0 Å². The van der Waals surface area contributed by atoms with Crippen LogP contribution in [0.15, 0.2) is 72.8 Å². The van der Waals surface area contributed by atoms with Crippen molar-refractivity contribution in [3.8, 4) is 11.5 Å². The molecule has 3 aromatic rings. The Morgan fingerprint density at radius 1 is 0.925 bits per heavy atom. The molecule has 1 aliphatic heterocycles. The van der Waals surface area contributed by atoms with E-state index in [0.29, 0.717) is 72.7 Å². The van der Waals surface area contributed by atoms with Crippen LogP contribution in [0.25, 0.3) is 6.08 Å². The number of rotatable bonds is 10. The second-order valence-electron chi connectivity index (χ2n) is 9.38. The maximum Gasteiger partial charge on any atom is 0.255 e. The maximum atomic E-state index is 13.5. The fourth-order valence-electron chi connectivity index (χ4n) is 4.57. The van der Waals surface area contributed by atoms with Gasteiger partial charge in [0.05, 0.1) is 24.8 Å². The van der Waals surface area contributed by atoms with Gasteiger partial charge in [-0.25, -0.2) is 0 Å². The van der Waals surface area contributed by atoms with E-state index in [9.17, 15) is 9.59 Å². The molecule has 40 heavy (non-hydrogen) atoms. The van der Waals surface area contributed by atoms with Gasteiger partial charge in [-0.05, 0) is 48.5 Å². The van der Waals surface area contributed by atoms with Crippen LogP contribution in [0.1, 0.15) is 26.3 Å². The van der Waals surface area contributed by atoms with Crippen LogP contribution in [-0.2, 0) is 0 Å². The van der Waals surface area contributed by atoms with Gasteiger partial charge >= 0.3 is 0 Å². The highest BCUT2D eigenvalue weighted by atomic mass is 35.5. The lowest BCUT2D eigenvalue weighted by atomic mass is 10.1. The van der Waals surface area contributed by atoms with Gasteiger partial charge in [0.1, 0.15) is 11.5 Å². The van der Waals surface area contributed by atoms with E-state index in [1.807, 2.05) is 46.2 Å². The summed E-state index contributed by atoms with van der Waals surface area (Å²) in [5.74, 6) is 1.32. The molecule has 4 rings (SSSR count). The molecule has 1 fully saturated rings. The summed E-state index contributed by atoms with van der Waals surface area (Å²) in [4.78, 5) is 32.4. The standard InChI is InChI=1S/C31H33Cl2N3O4/c1-39-26-12-9-24(10-13-26)30(37)35(15-5-7-23-6-3-4-8-29(23)40-2)19-16-34-17-20-36(21-18-34)31(38)27-14-11-25(32)22-28(27)33/h3-14,22H,15-21H2,1-2H3/b7-5+. The first-order valence-electron chi connectivity index (χ1n) is 13.1. The number of carbonyl (C=O) groups is 2. The molecular weight excluding hydrogens is 549 g/mol. The molecule has 0 aliphatic carbocycles. The van der Waals surface area contributed by atoms with E-state index >= 15 is 0 Å². The first-order chi connectivity index (χ1) is 19.4. The van der Waals surface area contributed by atoms with Crippen LogP contribution in [0.4, 0.5) is 0 Å². The molecule has 1 aliphatic rings. The number of carbonyl (C=O) groups excluding carboxylic acids is 2. The zero-order valence-corrected chi connectivity index (χ0v) is 24.2. The van der Waals surface area contributed by atoms with Crippen LogP contribution in [-0.4, -0.2) is 86.5 Å². The Hall–Kier alpha value is -3.52. The van der Waals surface area contributed by atoms with Crippen LogP contribution in [0.5, 0.6) is 11.5 Å². The summed E-state index contributed by atoms with van der Waals surface area (Å²) in [6.07, 6.45) is 3.95. The van der Waals surface area contributed by atoms with Gasteiger partial charge in [0, 0.05) is 62.0 Å². The average Bonchev–Trinajstić information content (AvgIpc) is 2.98. The summed E-state index contributed by atoms with van der Waals surface area (Å²) in [7, 11) is 3.24. The molecule has 7 nitrogen and oxygen atoms in total. The summed E-state index contributed by atoms with van der Waals surface area (Å²) >= 11 is 12.2. The molecule has 2 amide bonds. The van der Waals surface area contributed by atoms with Gasteiger partial charge in [0.25, 0.3) is 11.8 Å². The number of amides is 2. The number of hydrogen-bond acceptors (Lipinski definition) is 5. The number of ether oxygens (including phenoxy) is 2. The minimum absolute atomic E-state index is 0.0569. The van der Waals surface area contributed by atoms with Gasteiger partial charge in [-0.2, -0.15) is 0 Å². The van der Waals surface area contributed by atoms with Crippen molar-refractivity contribution in [2.24, 2.45) is 0 Å². The first-order valence-corrected chi connectivity index (χ1v) is 13.8. The normalized spacial score (nSPS) is 13.8. The van der Waals surface area contributed by atoms with Gasteiger partial charge in [0.15, 0.2) is 0 Å². The van der Waals surface area contributed by atoms with Crippen LogP contribution < -0.4 is 9.47 Å². The summed E-state index contributed by atoms with van der Waals surface area (Å²) < 4.78 is 10.7. The molecule has 1 saturated heterocycles. The van der Waals surface area contributed by atoms with Gasteiger partial charge in [-0.3, -0.25) is 14.5 Å². The Morgan fingerprint density at radius 2 is 1.65 bits per heavy atom. The smallest absolute Gasteiger partial charge is 0.255 e. The van der Waals surface area contributed by atoms with Gasteiger partial charge in [-0.1, -0.05) is 53.6 Å². The van der Waals surface area contributed by atoms with E-state index in [1.54, 1.807) is 56.7 Å². The Kier molecular flexibility index (Phi) is 10.5. The van der Waals surface area contributed by atoms with E-state index in [-0.39, 0.29) is 11.8 Å². The van der Waals surface area contributed by atoms with Crippen molar-refractivity contribution < 1.29 is 19.1 Å². The summed E-state index contributed by atoms with van der Waals surface area (Å²) in [5.41, 5.74) is 2.00. The number of piperazine rings is 1. The third-order valence-electron chi connectivity index (χ3n) is 6.89. The monoisotopic (exact) mass is 581 g/mol. The molecule has 0 saturated carbocycles. The number of para-hydroxylation sites is 1. The SMILES string of the molecule is COc1ccc(C(=O)N(C/C=C/c2ccccc2OC)CCN2CCN(C(=O)c3ccc(Cl)cc3Cl)CC2)cc1. The Labute approximate surface area is 245 Å². The molecule has 210 valence electrons. The molecule has 1 heterocycles. The van der Waals surface area contributed by atoms with E-state index in [2.05, 4.69) is 4.90 Å². The lowest BCUT2D eigenvalue weighted by Gasteiger charge is -2.36. The Bertz CT molecular complexity index is 1340. The Balaban J connectivity index is 1.39.